The first-order chi connectivity index (χ1) is 13.8. The second-order valence-corrected chi connectivity index (χ2v) is 6.75. The maximum atomic E-state index is 5.41. The fraction of sp³-hybridized carbons (Fsp3) is 0.167. The summed E-state index contributed by atoms with van der Waals surface area (Å²) in [6.45, 7) is 0.672. The van der Waals surface area contributed by atoms with Crippen LogP contribution in [0.25, 0.3) is 10.9 Å². The third-order valence-corrected chi connectivity index (χ3v) is 4.83. The number of ether oxygens (including phenoxy) is 1. The van der Waals surface area contributed by atoms with Crippen LogP contribution in [0, 0.1) is 0 Å². The Bertz CT molecular complexity index is 1060. The molecule has 0 radical (unpaired) electrons. The zero-order chi connectivity index (χ0) is 19.2. The maximum Gasteiger partial charge on any atom is 0.126 e. The summed E-state index contributed by atoms with van der Waals surface area (Å²) in [6.07, 6.45) is 5.73. The molecule has 0 bridgehead atoms. The fourth-order valence-electron chi connectivity index (χ4n) is 3.30. The van der Waals surface area contributed by atoms with Crippen molar-refractivity contribution in [1.82, 2.24) is 9.97 Å². The number of rotatable bonds is 7. The number of anilines is 1. The SMILES string of the molecule is COc1ccccc1CNc1ccc2cc(CCc3cccnc3)ccc2n1. The van der Waals surface area contributed by atoms with E-state index >= 15 is 0 Å². The van der Waals surface area contributed by atoms with E-state index in [0.29, 0.717) is 6.54 Å². The zero-order valence-electron chi connectivity index (χ0n) is 15.9. The first-order valence-electron chi connectivity index (χ1n) is 9.46. The van der Waals surface area contributed by atoms with Gasteiger partial charge in [-0.2, -0.15) is 0 Å². The molecule has 0 atom stereocenters. The minimum Gasteiger partial charge on any atom is -0.496 e. The fourth-order valence-corrected chi connectivity index (χ4v) is 3.30. The van der Waals surface area contributed by atoms with Gasteiger partial charge in [0.25, 0.3) is 0 Å². The molecule has 0 fully saturated rings. The summed E-state index contributed by atoms with van der Waals surface area (Å²) in [5.41, 5.74) is 4.68. The van der Waals surface area contributed by atoms with E-state index in [0.717, 1.165) is 40.9 Å². The van der Waals surface area contributed by atoms with Gasteiger partial charge in [-0.05, 0) is 60.4 Å². The summed E-state index contributed by atoms with van der Waals surface area (Å²) in [5.74, 6) is 1.75. The van der Waals surface area contributed by atoms with E-state index in [1.807, 2.05) is 42.7 Å². The lowest BCUT2D eigenvalue weighted by Crippen LogP contribution is -2.03. The number of pyridine rings is 2. The van der Waals surface area contributed by atoms with Crippen LogP contribution in [0.1, 0.15) is 16.7 Å². The highest BCUT2D eigenvalue weighted by molar-refractivity contribution is 5.81. The highest BCUT2D eigenvalue weighted by atomic mass is 16.5. The largest absolute Gasteiger partial charge is 0.496 e. The number of fused-ring (bicyclic) bond motifs is 1. The molecule has 0 saturated carbocycles. The number of aryl methyl sites for hydroxylation is 2. The van der Waals surface area contributed by atoms with Gasteiger partial charge in [0.15, 0.2) is 0 Å². The van der Waals surface area contributed by atoms with Crippen molar-refractivity contribution in [3.8, 4) is 5.75 Å². The molecule has 2 aromatic heterocycles. The number of hydrogen-bond donors (Lipinski definition) is 1. The van der Waals surface area contributed by atoms with E-state index in [9.17, 15) is 0 Å². The Kier molecular flexibility index (Phi) is 5.48. The standard InChI is InChI=1S/C24H23N3O/c1-28-23-7-3-2-6-21(23)17-26-24-13-11-20-15-18(10-12-22(20)27-24)8-9-19-5-4-14-25-16-19/h2-7,10-16H,8-9,17H2,1H3,(H,26,27). The van der Waals surface area contributed by atoms with Crippen molar-refractivity contribution < 1.29 is 4.74 Å². The summed E-state index contributed by atoms with van der Waals surface area (Å²) < 4.78 is 5.41. The van der Waals surface area contributed by atoms with E-state index < -0.39 is 0 Å². The van der Waals surface area contributed by atoms with Gasteiger partial charge < -0.3 is 10.1 Å². The summed E-state index contributed by atoms with van der Waals surface area (Å²) in [4.78, 5) is 8.93. The van der Waals surface area contributed by atoms with Gasteiger partial charge in [0.2, 0.25) is 0 Å². The Morgan fingerprint density at radius 3 is 2.64 bits per heavy atom. The molecule has 0 aliphatic carbocycles. The van der Waals surface area contributed by atoms with Crippen molar-refractivity contribution in [2.24, 2.45) is 0 Å². The van der Waals surface area contributed by atoms with Crippen LogP contribution in [0.2, 0.25) is 0 Å². The van der Waals surface area contributed by atoms with Crippen molar-refractivity contribution in [2.75, 3.05) is 12.4 Å². The lowest BCUT2D eigenvalue weighted by Gasteiger charge is -2.11. The van der Waals surface area contributed by atoms with Crippen molar-refractivity contribution in [2.45, 2.75) is 19.4 Å². The first-order valence-corrected chi connectivity index (χ1v) is 9.46. The molecule has 4 heteroatoms. The van der Waals surface area contributed by atoms with Crippen molar-refractivity contribution in [3.05, 3.63) is 95.8 Å². The third kappa shape index (κ3) is 4.29. The molecule has 2 aromatic carbocycles. The van der Waals surface area contributed by atoms with Gasteiger partial charge in [0.05, 0.1) is 12.6 Å². The topological polar surface area (TPSA) is 47.0 Å². The van der Waals surface area contributed by atoms with Crippen LogP contribution in [0.3, 0.4) is 0 Å². The smallest absolute Gasteiger partial charge is 0.126 e. The van der Waals surface area contributed by atoms with Crippen LogP contribution in [0.15, 0.2) is 79.1 Å². The monoisotopic (exact) mass is 369 g/mol. The van der Waals surface area contributed by atoms with E-state index in [1.165, 1.54) is 11.1 Å². The van der Waals surface area contributed by atoms with Crippen LogP contribution < -0.4 is 10.1 Å². The van der Waals surface area contributed by atoms with Crippen LogP contribution in [0.5, 0.6) is 5.75 Å². The van der Waals surface area contributed by atoms with Crippen molar-refractivity contribution in [1.29, 1.82) is 0 Å². The second kappa shape index (κ2) is 8.53. The van der Waals surface area contributed by atoms with E-state index in [-0.39, 0.29) is 0 Å². The minimum absolute atomic E-state index is 0.672. The molecular weight excluding hydrogens is 346 g/mol. The highest BCUT2D eigenvalue weighted by Gasteiger charge is 2.04. The number of methoxy groups -OCH3 is 1. The van der Waals surface area contributed by atoms with Gasteiger partial charge in [-0.15, -0.1) is 0 Å². The third-order valence-electron chi connectivity index (χ3n) is 4.83. The molecule has 0 spiro atoms. The molecule has 2 heterocycles. The summed E-state index contributed by atoms with van der Waals surface area (Å²) in [5, 5.41) is 4.55. The summed E-state index contributed by atoms with van der Waals surface area (Å²) >= 11 is 0. The highest BCUT2D eigenvalue weighted by Crippen LogP contribution is 2.21. The Morgan fingerprint density at radius 2 is 1.79 bits per heavy atom. The van der Waals surface area contributed by atoms with E-state index in [2.05, 4.69) is 46.7 Å². The predicted octanol–water partition coefficient (Wildman–Crippen LogP) is 5.04. The molecule has 0 amide bonds. The molecule has 4 aromatic rings. The number of hydrogen-bond acceptors (Lipinski definition) is 4. The number of nitrogens with zero attached hydrogens (tertiary/aromatic N) is 2. The average molecular weight is 369 g/mol. The summed E-state index contributed by atoms with van der Waals surface area (Å²) in [6, 6.07) is 22.8. The van der Waals surface area contributed by atoms with Gasteiger partial charge in [0.1, 0.15) is 11.6 Å². The lowest BCUT2D eigenvalue weighted by molar-refractivity contribution is 0.410. The normalized spacial score (nSPS) is 10.8. The van der Waals surface area contributed by atoms with Crippen LogP contribution in [-0.4, -0.2) is 17.1 Å². The molecule has 1 N–H and O–H groups in total. The Morgan fingerprint density at radius 1 is 0.893 bits per heavy atom. The molecule has 0 unspecified atom stereocenters. The van der Waals surface area contributed by atoms with E-state index in [1.54, 1.807) is 7.11 Å². The molecule has 28 heavy (non-hydrogen) atoms. The first kappa shape index (κ1) is 18.0. The molecule has 0 aliphatic rings. The van der Waals surface area contributed by atoms with Gasteiger partial charge in [-0.25, -0.2) is 4.98 Å². The zero-order valence-corrected chi connectivity index (χ0v) is 15.9. The molecule has 140 valence electrons. The Labute approximate surface area is 165 Å². The number of benzene rings is 2. The quantitative estimate of drug-likeness (QED) is 0.496. The molecule has 0 aliphatic heterocycles. The van der Waals surface area contributed by atoms with Gasteiger partial charge in [-0.1, -0.05) is 30.3 Å². The lowest BCUT2D eigenvalue weighted by atomic mass is 10.0. The molecule has 4 rings (SSSR count). The maximum absolute atomic E-state index is 5.41. The average Bonchev–Trinajstić information content (AvgIpc) is 2.77. The van der Waals surface area contributed by atoms with E-state index in [4.69, 9.17) is 9.72 Å². The van der Waals surface area contributed by atoms with Gasteiger partial charge in [0, 0.05) is 29.9 Å². The van der Waals surface area contributed by atoms with Crippen LogP contribution >= 0.6 is 0 Å². The molecule has 4 nitrogen and oxygen atoms in total. The summed E-state index contributed by atoms with van der Waals surface area (Å²) in [7, 11) is 1.69. The number of para-hydroxylation sites is 1. The number of aromatic nitrogens is 2. The van der Waals surface area contributed by atoms with Gasteiger partial charge >= 0.3 is 0 Å². The predicted molar refractivity (Wildman–Crippen MR) is 114 cm³/mol. The molecule has 0 saturated heterocycles. The Balaban J connectivity index is 1.44. The molecular formula is C24H23N3O. The van der Waals surface area contributed by atoms with Crippen molar-refractivity contribution >= 4 is 16.7 Å². The van der Waals surface area contributed by atoms with Gasteiger partial charge in [-0.3, -0.25) is 4.98 Å². The van der Waals surface area contributed by atoms with Crippen LogP contribution in [0.4, 0.5) is 5.82 Å². The second-order valence-electron chi connectivity index (χ2n) is 6.75. The van der Waals surface area contributed by atoms with Crippen LogP contribution in [-0.2, 0) is 19.4 Å². The Hall–Kier alpha value is -3.40. The number of nitrogens with one attached hydrogen (secondary N) is 1. The van der Waals surface area contributed by atoms with Crippen molar-refractivity contribution in [3.63, 3.8) is 0 Å². The minimum atomic E-state index is 0.672.